The first kappa shape index (κ1) is 9.58. The molecule has 3 rings (SSSR count). The Morgan fingerprint density at radius 3 is 2.53 bits per heavy atom. The molecule has 2 aliphatic rings. The Labute approximate surface area is 98.0 Å². The molecule has 1 aliphatic carbocycles. The van der Waals surface area contributed by atoms with Crippen molar-refractivity contribution in [2.75, 3.05) is 18.0 Å². The lowest BCUT2D eigenvalue weighted by Crippen LogP contribution is -2.22. The van der Waals surface area contributed by atoms with Gasteiger partial charge in [0.2, 0.25) is 5.95 Å². The number of hydrogen-bond acceptors (Lipinski definition) is 3. The molecule has 4 heteroatoms. The van der Waals surface area contributed by atoms with E-state index in [1.54, 1.807) is 0 Å². The molecule has 0 N–H and O–H groups in total. The van der Waals surface area contributed by atoms with Crippen LogP contribution in [-0.2, 0) is 5.33 Å². The molecule has 0 amide bonds. The van der Waals surface area contributed by atoms with E-state index in [2.05, 4.69) is 30.8 Å². The smallest absolute Gasteiger partial charge is 0.225 e. The maximum Gasteiger partial charge on any atom is 0.225 e. The topological polar surface area (TPSA) is 29.0 Å². The summed E-state index contributed by atoms with van der Waals surface area (Å²) in [5.41, 5.74) is 1.79. The highest BCUT2D eigenvalue weighted by molar-refractivity contribution is 9.08. The van der Waals surface area contributed by atoms with Gasteiger partial charge in [0.15, 0.2) is 0 Å². The highest BCUT2D eigenvalue weighted by Gasteiger charge is 2.48. The van der Waals surface area contributed by atoms with Crippen LogP contribution in [0, 0.1) is 5.41 Å². The van der Waals surface area contributed by atoms with E-state index in [-0.39, 0.29) is 0 Å². The molecule has 2 heterocycles. The zero-order valence-electron chi connectivity index (χ0n) is 8.62. The van der Waals surface area contributed by atoms with Crippen molar-refractivity contribution in [2.45, 2.75) is 24.6 Å². The highest BCUT2D eigenvalue weighted by Crippen LogP contribution is 2.52. The molecule has 0 aromatic carbocycles. The molecule has 0 unspecified atom stereocenters. The monoisotopic (exact) mass is 267 g/mol. The van der Waals surface area contributed by atoms with Crippen LogP contribution in [-0.4, -0.2) is 23.1 Å². The first-order chi connectivity index (χ1) is 7.31. The van der Waals surface area contributed by atoms with Crippen molar-refractivity contribution in [1.82, 2.24) is 9.97 Å². The van der Waals surface area contributed by atoms with Gasteiger partial charge in [-0.15, -0.1) is 0 Å². The van der Waals surface area contributed by atoms with Crippen molar-refractivity contribution >= 4 is 21.9 Å². The number of hydrogen-bond donors (Lipinski definition) is 0. The van der Waals surface area contributed by atoms with Crippen LogP contribution in [0.15, 0.2) is 12.4 Å². The van der Waals surface area contributed by atoms with Crippen LogP contribution < -0.4 is 4.90 Å². The fourth-order valence-electron chi connectivity index (χ4n) is 2.27. The number of aromatic nitrogens is 2. The lowest BCUT2D eigenvalue weighted by atomic mass is 10.1. The van der Waals surface area contributed by atoms with Gasteiger partial charge in [0, 0.05) is 30.8 Å². The SMILES string of the molecule is BrCc1cnc(N2CCC3(CC3)C2)nc1. The van der Waals surface area contributed by atoms with Gasteiger partial charge in [0.25, 0.3) is 0 Å². The van der Waals surface area contributed by atoms with Crippen molar-refractivity contribution in [1.29, 1.82) is 0 Å². The van der Waals surface area contributed by atoms with Crippen molar-refractivity contribution in [2.24, 2.45) is 5.41 Å². The minimum Gasteiger partial charge on any atom is -0.340 e. The zero-order valence-corrected chi connectivity index (χ0v) is 10.2. The van der Waals surface area contributed by atoms with Crippen molar-refractivity contribution in [3.05, 3.63) is 18.0 Å². The van der Waals surface area contributed by atoms with Crippen LogP contribution in [0.4, 0.5) is 5.95 Å². The zero-order chi connectivity index (χ0) is 10.3. The van der Waals surface area contributed by atoms with E-state index in [0.29, 0.717) is 5.41 Å². The molecule has 1 aliphatic heterocycles. The quantitative estimate of drug-likeness (QED) is 0.771. The first-order valence-electron chi connectivity index (χ1n) is 5.43. The van der Waals surface area contributed by atoms with Gasteiger partial charge in [-0.05, 0) is 30.2 Å². The molecular formula is C11H14BrN3. The summed E-state index contributed by atoms with van der Waals surface area (Å²) in [6, 6.07) is 0. The third kappa shape index (κ3) is 1.75. The molecule has 0 atom stereocenters. The minimum atomic E-state index is 0.650. The van der Waals surface area contributed by atoms with Gasteiger partial charge in [-0.25, -0.2) is 9.97 Å². The Hall–Kier alpha value is -0.640. The first-order valence-corrected chi connectivity index (χ1v) is 6.55. The van der Waals surface area contributed by atoms with E-state index >= 15 is 0 Å². The minimum absolute atomic E-state index is 0.650. The summed E-state index contributed by atoms with van der Waals surface area (Å²) in [5.74, 6) is 0.906. The fourth-order valence-corrected chi connectivity index (χ4v) is 2.56. The third-order valence-corrected chi connectivity index (χ3v) is 4.17. The van der Waals surface area contributed by atoms with E-state index in [0.717, 1.165) is 23.4 Å². The summed E-state index contributed by atoms with van der Waals surface area (Å²) in [6.45, 7) is 2.30. The number of halogens is 1. The van der Waals surface area contributed by atoms with Gasteiger partial charge in [-0.1, -0.05) is 15.9 Å². The Bertz CT molecular complexity index is 359. The second-order valence-corrected chi connectivity index (χ2v) is 5.26. The van der Waals surface area contributed by atoms with Crippen LogP contribution in [0.3, 0.4) is 0 Å². The average molecular weight is 268 g/mol. The van der Waals surface area contributed by atoms with Gasteiger partial charge in [0.1, 0.15) is 0 Å². The number of nitrogens with zero attached hydrogens (tertiary/aromatic N) is 3. The van der Waals surface area contributed by atoms with Crippen LogP contribution in [0.2, 0.25) is 0 Å². The molecule has 3 nitrogen and oxygen atoms in total. The van der Waals surface area contributed by atoms with Gasteiger partial charge in [0.05, 0.1) is 0 Å². The van der Waals surface area contributed by atoms with Crippen molar-refractivity contribution < 1.29 is 0 Å². The van der Waals surface area contributed by atoms with Crippen LogP contribution in [0.25, 0.3) is 0 Å². The summed E-state index contributed by atoms with van der Waals surface area (Å²) in [4.78, 5) is 11.1. The summed E-state index contributed by atoms with van der Waals surface area (Å²) < 4.78 is 0. The molecule has 1 saturated heterocycles. The van der Waals surface area contributed by atoms with E-state index in [1.807, 2.05) is 12.4 Å². The molecular weight excluding hydrogens is 254 g/mol. The molecule has 1 spiro atoms. The average Bonchev–Trinajstić information content (AvgIpc) is 2.90. The molecule has 15 heavy (non-hydrogen) atoms. The van der Waals surface area contributed by atoms with E-state index in [9.17, 15) is 0 Å². The lowest BCUT2D eigenvalue weighted by Gasteiger charge is -2.15. The normalized spacial score (nSPS) is 22.3. The Balaban J connectivity index is 1.75. The molecule has 1 saturated carbocycles. The van der Waals surface area contributed by atoms with Gasteiger partial charge in [-0.3, -0.25) is 0 Å². The molecule has 1 aromatic heterocycles. The highest BCUT2D eigenvalue weighted by atomic mass is 79.9. The van der Waals surface area contributed by atoms with E-state index < -0.39 is 0 Å². The second-order valence-electron chi connectivity index (χ2n) is 4.70. The molecule has 0 radical (unpaired) electrons. The standard InChI is InChI=1S/C11H14BrN3/c12-5-9-6-13-10(14-7-9)15-4-3-11(8-15)1-2-11/h6-7H,1-5,8H2. The maximum atomic E-state index is 4.41. The maximum absolute atomic E-state index is 4.41. The summed E-state index contributed by atoms with van der Waals surface area (Å²) >= 11 is 3.40. The second kappa shape index (κ2) is 3.44. The lowest BCUT2D eigenvalue weighted by molar-refractivity contribution is 0.580. The third-order valence-electron chi connectivity index (χ3n) is 3.52. The fraction of sp³-hybridized carbons (Fsp3) is 0.636. The van der Waals surface area contributed by atoms with E-state index in [4.69, 9.17) is 0 Å². The number of anilines is 1. The number of rotatable bonds is 2. The molecule has 2 fully saturated rings. The van der Waals surface area contributed by atoms with E-state index in [1.165, 1.54) is 25.8 Å². The summed E-state index contributed by atoms with van der Waals surface area (Å²) in [6.07, 6.45) is 7.96. The summed E-state index contributed by atoms with van der Waals surface area (Å²) in [5, 5.41) is 0.831. The predicted molar refractivity (Wildman–Crippen MR) is 63.2 cm³/mol. The summed E-state index contributed by atoms with van der Waals surface area (Å²) in [7, 11) is 0. The molecule has 0 bridgehead atoms. The van der Waals surface area contributed by atoms with Crippen molar-refractivity contribution in [3.8, 4) is 0 Å². The molecule has 80 valence electrons. The van der Waals surface area contributed by atoms with Crippen molar-refractivity contribution in [3.63, 3.8) is 0 Å². The Morgan fingerprint density at radius 2 is 2.00 bits per heavy atom. The van der Waals surface area contributed by atoms with Gasteiger partial charge >= 0.3 is 0 Å². The largest absolute Gasteiger partial charge is 0.340 e. The van der Waals surface area contributed by atoms with Crippen LogP contribution in [0.5, 0.6) is 0 Å². The van der Waals surface area contributed by atoms with Gasteiger partial charge in [-0.2, -0.15) is 0 Å². The predicted octanol–water partition coefficient (Wildman–Crippen LogP) is 2.36. The van der Waals surface area contributed by atoms with Crippen LogP contribution in [0.1, 0.15) is 24.8 Å². The molecule has 1 aromatic rings. The van der Waals surface area contributed by atoms with Crippen LogP contribution >= 0.6 is 15.9 Å². The Morgan fingerprint density at radius 1 is 1.27 bits per heavy atom. The Kier molecular flexibility index (Phi) is 2.20. The van der Waals surface area contributed by atoms with Gasteiger partial charge < -0.3 is 4.90 Å². The number of alkyl halides is 1.